The first-order valence-corrected chi connectivity index (χ1v) is 3.34. The monoisotopic (exact) mass is 137 g/mol. The van der Waals surface area contributed by atoms with Gasteiger partial charge in [0.05, 0.1) is 0 Å². The third-order valence-corrected chi connectivity index (χ3v) is 1.19. The Morgan fingerprint density at radius 3 is 3.10 bits per heavy atom. The fourth-order valence-electron chi connectivity index (χ4n) is 0.655. The van der Waals surface area contributed by atoms with Crippen LogP contribution in [-0.2, 0) is 7.05 Å². The molecule has 0 saturated carbocycles. The lowest BCUT2D eigenvalue weighted by Gasteiger charge is -1.90. The SMILES string of the molecule is CCC=Nc1nccn1C. The summed E-state index contributed by atoms with van der Waals surface area (Å²) in [6.45, 7) is 2.05. The lowest BCUT2D eigenvalue weighted by Crippen LogP contribution is -1.83. The van der Waals surface area contributed by atoms with Crippen LogP contribution in [0.4, 0.5) is 5.95 Å². The highest BCUT2D eigenvalue weighted by Crippen LogP contribution is 2.03. The summed E-state index contributed by atoms with van der Waals surface area (Å²) in [6, 6.07) is 0. The Kier molecular flexibility index (Phi) is 2.20. The molecule has 0 amide bonds. The number of rotatable bonds is 2. The minimum Gasteiger partial charge on any atom is -0.319 e. The van der Waals surface area contributed by atoms with Crippen LogP contribution in [0.1, 0.15) is 13.3 Å². The Hall–Kier alpha value is -1.12. The van der Waals surface area contributed by atoms with E-state index in [4.69, 9.17) is 0 Å². The molecule has 1 aromatic rings. The molecular formula is C7H11N3. The Bertz CT molecular complexity index is 225. The van der Waals surface area contributed by atoms with Gasteiger partial charge in [0.1, 0.15) is 0 Å². The Morgan fingerprint density at radius 2 is 2.60 bits per heavy atom. The van der Waals surface area contributed by atoms with Crippen LogP contribution >= 0.6 is 0 Å². The molecular weight excluding hydrogens is 126 g/mol. The van der Waals surface area contributed by atoms with E-state index in [1.807, 2.05) is 30.9 Å². The van der Waals surface area contributed by atoms with Crippen LogP contribution in [0.2, 0.25) is 0 Å². The summed E-state index contributed by atoms with van der Waals surface area (Å²) >= 11 is 0. The molecule has 1 rings (SSSR count). The van der Waals surface area contributed by atoms with E-state index in [0.717, 1.165) is 12.4 Å². The average molecular weight is 137 g/mol. The summed E-state index contributed by atoms with van der Waals surface area (Å²) in [6.07, 6.45) is 6.42. The standard InChI is InChI=1S/C7H11N3/c1-3-4-8-7-9-5-6-10(7)2/h4-6H,3H2,1-2H3. The Morgan fingerprint density at radius 1 is 1.80 bits per heavy atom. The molecule has 0 fully saturated rings. The molecule has 0 unspecified atom stereocenters. The molecule has 0 aromatic carbocycles. The van der Waals surface area contributed by atoms with Gasteiger partial charge >= 0.3 is 0 Å². The van der Waals surface area contributed by atoms with Gasteiger partial charge in [0, 0.05) is 25.7 Å². The van der Waals surface area contributed by atoms with Gasteiger partial charge in [0.25, 0.3) is 0 Å². The maximum absolute atomic E-state index is 4.11. The molecule has 0 aliphatic rings. The lowest BCUT2D eigenvalue weighted by atomic mass is 10.5. The van der Waals surface area contributed by atoms with E-state index in [9.17, 15) is 0 Å². The van der Waals surface area contributed by atoms with Gasteiger partial charge in [-0.2, -0.15) is 0 Å². The number of hydrogen-bond acceptors (Lipinski definition) is 2. The fourth-order valence-corrected chi connectivity index (χ4v) is 0.655. The summed E-state index contributed by atoms with van der Waals surface area (Å²) in [5.74, 6) is 0.766. The highest BCUT2D eigenvalue weighted by molar-refractivity contribution is 5.60. The maximum Gasteiger partial charge on any atom is 0.228 e. The summed E-state index contributed by atoms with van der Waals surface area (Å²) in [4.78, 5) is 8.13. The fraction of sp³-hybridized carbons (Fsp3) is 0.429. The zero-order valence-corrected chi connectivity index (χ0v) is 6.28. The second-order valence-electron chi connectivity index (χ2n) is 2.06. The largest absolute Gasteiger partial charge is 0.319 e. The summed E-state index contributed by atoms with van der Waals surface area (Å²) in [7, 11) is 1.93. The lowest BCUT2D eigenvalue weighted by molar-refractivity contribution is 0.911. The molecule has 1 aromatic heterocycles. The van der Waals surface area contributed by atoms with E-state index in [1.54, 1.807) is 6.20 Å². The molecule has 0 spiro atoms. The number of aryl methyl sites for hydroxylation is 1. The van der Waals surface area contributed by atoms with Crippen molar-refractivity contribution < 1.29 is 0 Å². The van der Waals surface area contributed by atoms with Crippen LogP contribution in [0.15, 0.2) is 17.4 Å². The highest BCUT2D eigenvalue weighted by Gasteiger charge is 1.90. The first-order valence-electron chi connectivity index (χ1n) is 3.34. The molecule has 0 saturated heterocycles. The summed E-state index contributed by atoms with van der Waals surface area (Å²) in [5.41, 5.74) is 0. The quantitative estimate of drug-likeness (QED) is 0.568. The predicted molar refractivity (Wildman–Crippen MR) is 41.7 cm³/mol. The van der Waals surface area contributed by atoms with Crippen molar-refractivity contribution in [1.82, 2.24) is 9.55 Å². The van der Waals surface area contributed by atoms with Crippen molar-refractivity contribution in [2.24, 2.45) is 12.0 Å². The van der Waals surface area contributed by atoms with E-state index in [-0.39, 0.29) is 0 Å². The molecule has 0 N–H and O–H groups in total. The van der Waals surface area contributed by atoms with Crippen LogP contribution in [0.3, 0.4) is 0 Å². The molecule has 54 valence electrons. The summed E-state index contributed by atoms with van der Waals surface area (Å²) < 4.78 is 1.88. The molecule has 10 heavy (non-hydrogen) atoms. The van der Waals surface area contributed by atoms with Gasteiger partial charge < -0.3 is 4.57 Å². The highest BCUT2D eigenvalue weighted by atomic mass is 15.1. The molecule has 0 atom stereocenters. The number of hydrogen-bond donors (Lipinski definition) is 0. The van der Waals surface area contributed by atoms with Crippen molar-refractivity contribution in [3.8, 4) is 0 Å². The van der Waals surface area contributed by atoms with Gasteiger partial charge in [0.15, 0.2) is 0 Å². The smallest absolute Gasteiger partial charge is 0.228 e. The van der Waals surface area contributed by atoms with Gasteiger partial charge in [-0.05, 0) is 6.42 Å². The number of nitrogens with zero attached hydrogens (tertiary/aromatic N) is 3. The third kappa shape index (κ3) is 1.43. The number of aromatic nitrogens is 2. The first kappa shape index (κ1) is 6.99. The van der Waals surface area contributed by atoms with E-state index in [2.05, 4.69) is 9.98 Å². The number of aliphatic imine (C=N–C) groups is 1. The second-order valence-corrected chi connectivity index (χ2v) is 2.06. The molecule has 3 heteroatoms. The van der Waals surface area contributed by atoms with Crippen molar-refractivity contribution >= 4 is 12.2 Å². The van der Waals surface area contributed by atoms with E-state index in [1.165, 1.54) is 0 Å². The van der Waals surface area contributed by atoms with Gasteiger partial charge in [-0.25, -0.2) is 9.98 Å². The zero-order valence-electron chi connectivity index (χ0n) is 6.28. The molecule has 0 radical (unpaired) electrons. The van der Waals surface area contributed by atoms with E-state index in [0.29, 0.717) is 0 Å². The van der Waals surface area contributed by atoms with Gasteiger partial charge in [-0.3, -0.25) is 0 Å². The average Bonchev–Trinajstić information content (AvgIpc) is 2.31. The maximum atomic E-state index is 4.11. The van der Waals surface area contributed by atoms with Gasteiger partial charge in [-0.15, -0.1) is 0 Å². The van der Waals surface area contributed by atoms with Crippen molar-refractivity contribution in [1.29, 1.82) is 0 Å². The minimum atomic E-state index is 0.766. The minimum absolute atomic E-state index is 0.766. The molecule has 0 bridgehead atoms. The Balaban J connectivity index is 2.74. The molecule has 0 aliphatic carbocycles. The van der Waals surface area contributed by atoms with Crippen LogP contribution in [0, 0.1) is 0 Å². The summed E-state index contributed by atoms with van der Waals surface area (Å²) in [5, 5.41) is 0. The molecule has 1 heterocycles. The topological polar surface area (TPSA) is 30.2 Å². The predicted octanol–water partition coefficient (Wildman–Crippen LogP) is 1.53. The van der Waals surface area contributed by atoms with Crippen molar-refractivity contribution in [3.05, 3.63) is 12.4 Å². The zero-order chi connectivity index (χ0) is 7.40. The van der Waals surface area contributed by atoms with Crippen molar-refractivity contribution in [2.45, 2.75) is 13.3 Å². The Labute approximate surface area is 60.4 Å². The van der Waals surface area contributed by atoms with E-state index < -0.39 is 0 Å². The van der Waals surface area contributed by atoms with E-state index >= 15 is 0 Å². The second kappa shape index (κ2) is 3.15. The third-order valence-electron chi connectivity index (χ3n) is 1.19. The van der Waals surface area contributed by atoms with Crippen LogP contribution in [0.5, 0.6) is 0 Å². The van der Waals surface area contributed by atoms with Crippen molar-refractivity contribution in [3.63, 3.8) is 0 Å². The number of imidazole rings is 1. The van der Waals surface area contributed by atoms with Crippen LogP contribution in [0.25, 0.3) is 0 Å². The molecule has 3 nitrogen and oxygen atoms in total. The normalized spacial score (nSPS) is 11.0. The van der Waals surface area contributed by atoms with Crippen LogP contribution in [-0.4, -0.2) is 15.8 Å². The van der Waals surface area contributed by atoms with Gasteiger partial charge in [-0.1, -0.05) is 6.92 Å². The molecule has 0 aliphatic heterocycles. The first-order chi connectivity index (χ1) is 4.84. The van der Waals surface area contributed by atoms with Gasteiger partial charge in [0.2, 0.25) is 5.95 Å². The van der Waals surface area contributed by atoms with Crippen LogP contribution < -0.4 is 0 Å². The van der Waals surface area contributed by atoms with Crippen molar-refractivity contribution in [2.75, 3.05) is 0 Å².